The van der Waals surface area contributed by atoms with Crippen LogP contribution in [0.4, 0.5) is 0 Å². The lowest BCUT2D eigenvalue weighted by atomic mass is 10.1. The SMILES string of the molecule is COc1cc(-n2cnc3ccc(-c4ccccc4)cc32)cc(OC)c1OC. The molecule has 1 heterocycles. The molecule has 0 aliphatic carbocycles. The normalized spacial score (nSPS) is 10.8. The van der Waals surface area contributed by atoms with Crippen LogP contribution in [0.1, 0.15) is 0 Å². The highest BCUT2D eigenvalue weighted by Gasteiger charge is 2.15. The van der Waals surface area contributed by atoms with Crippen LogP contribution in [-0.2, 0) is 0 Å². The molecule has 0 fully saturated rings. The highest BCUT2D eigenvalue weighted by atomic mass is 16.5. The first-order valence-electron chi connectivity index (χ1n) is 8.58. The summed E-state index contributed by atoms with van der Waals surface area (Å²) in [4.78, 5) is 4.53. The molecule has 0 N–H and O–H groups in total. The molecule has 4 rings (SSSR count). The van der Waals surface area contributed by atoms with Crippen LogP contribution >= 0.6 is 0 Å². The van der Waals surface area contributed by atoms with Gasteiger partial charge in [0.1, 0.15) is 6.33 Å². The van der Waals surface area contributed by atoms with Crippen LogP contribution in [0.3, 0.4) is 0 Å². The minimum Gasteiger partial charge on any atom is -0.493 e. The van der Waals surface area contributed by atoms with E-state index >= 15 is 0 Å². The van der Waals surface area contributed by atoms with Crippen LogP contribution in [0.2, 0.25) is 0 Å². The number of ether oxygens (including phenoxy) is 3. The molecule has 0 saturated carbocycles. The molecule has 5 nitrogen and oxygen atoms in total. The van der Waals surface area contributed by atoms with Gasteiger partial charge in [-0.1, -0.05) is 36.4 Å². The van der Waals surface area contributed by atoms with E-state index in [9.17, 15) is 0 Å². The molecule has 27 heavy (non-hydrogen) atoms. The third kappa shape index (κ3) is 2.97. The second-order valence-electron chi connectivity index (χ2n) is 6.07. The fraction of sp³-hybridized carbons (Fsp3) is 0.136. The second-order valence-corrected chi connectivity index (χ2v) is 6.07. The molecule has 0 aliphatic heterocycles. The average Bonchev–Trinajstić information content (AvgIpc) is 3.16. The Bertz CT molecular complexity index is 1060. The zero-order valence-corrected chi connectivity index (χ0v) is 15.5. The van der Waals surface area contributed by atoms with Gasteiger partial charge in [0.05, 0.1) is 38.1 Å². The summed E-state index contributed by atoms with van der Waals surface area (Å²) in [6.07, 6.45) is 1.81. The maximum atomic E-state index is 5.48. The van der Waals surface area contributed by atoms with Gasteiger partial charge in [-0.25, -0.2) is 4.98 Å². The Balaban J connectivity index is 1.89. The summed E-state index contributed by atoms with van der Waals surface area (Å²) in [5.41, 5.74) is 5.11. The molecule has 0 saturated heterocycles. The van der Waals surface area contributed by atoms with E-state index in [2.05, 4.69) is 29.2 Å². The zero-order chi connectivity index (χ0) is 18.8. The zero-order valence-electron chi connectivity index (χ0n) is 15.5. The maximum Gasteiger partial charge on any atom is 0.203 e. The van der Waals surface area contributed by atoms with Gasteiger partial charge in [0.2, 0.25) is 5.75 Å². The molecule has 136 valence electrons. The van der Waals surface area contributed by atoms with Gasteiger partial charge >= 0.3 is 0 Å². The minimum absolute atomic E-state index is 0.568. The predicted octanol–water partition coefficient (Wildman–Crippen LogP) is 4.72. The summed E-state index contributed by atoms with van der Waals surface area (Å²) in [5, 5.41) is 0. The molecule has 3 aromatic carbocycles. The number of aromatic nitrogens is 2. The maximum absolute atomic E-state index is 5.48. The van der Waals surface area contributed by atoms with Crippen molar-refractivity contribution in [2.75, 3.05) is 21.3 Å². The Hall–Kier alpha value is -3.47. The largest absolute Gasteiger partial charge is 0.493 e. The number of fused-ring (bicyclic) bond motifs is 1. The third-order valence-electron chi connectivity index (χ3n) is 4.58. The second kappa shape index (κ2) is 7.03. The van der Waals surface area contributed by atoms with Gasteiger partial charge in [-0.3, -0.25) is 4.57 Å². The molecule has 0 bridgehead atoms. The minimum atomic E-state index is 0.568. The van der Waals surface area contributed by atoms with Crippen LogP contribution < -0.4 is 14.2 Å². The fourth-order valence-electron chi connectivity index (χ4n) is 3.23. The van der Waals surface area contributed by atoms with E-state index in [1.54, 1.807) is 27.7 Å². The van der Waals surface area contributed by atoms with Crippen molar-refractivity contribution in [1.29, 1.82) is 0 Å². The third-order valence-corrected chi connectivity index (χ3v) is 4.58. The number of nitrogens with zero attached hydrogens (tertiary/aromatic N) is 2. The van der Waals surface area contributed by atoms with E-state index in [0.717, 1.165) is 27.8 Å². The fourth-order valence-corrected chi connectivity index (χ4v) is 3.23. The van der Waals surface area contributed by atoms with E-state index in [0.29, 0.717) is 17.2 Å². The summed E-state index contributed by atoms with van der Waals surface area (Å²) in [6.45, 7) is 0. The van der Waals surface area contributed by atoms with Gasteiger partial charge in [0.25, 0.3) is 0 Å². The summed E-state index contributed by atoms with van der Waals surface area (Å²) >= 11 is 0. The van der Waals surface area contributed by atoms with Gasteiger partial charge in [-0.15, -0.1) is 0 Å². The first kappa shape index (κ1) is 17.0. The van der Waals surface area contributed by atoms with Gasteiger partial charge in [0.15, 0.2) is 11.5 Å². The smallest absolute Gasteiger partial charge is 0.203 e. The highest BCUT2D eigenvalue weighted by molar-refractivity contribution is 5.84. The van der Waals surface area contributed by atoms with Gasteiger partial charge in [0, 0.05) is 12.1 Å². The Morgan fingerprint density at radius 2 is 1.44 bits per heavy atom. The molecule has 0 unspecified atom stereocenters. The number of benzene rings is 3. The molecule has 0 amide bonds. The molecule has 0 atom stereocenters. The number of hydrogen-bond acceptors (Lipinski definition) is 4. The van der Waals surface area contributed by atoms with Crippen molar-refractivity contribution in [3.8, 4) is 34.1 Å². The lowest BCUT2D eigenvalue weighted by Gasteiger charge is -2.15. The Morgan fingerprint density at radius 3 is 2.07 bits per heavy atom. The summed E-state index contributed by atoms with van der Waals surface area (Å²) in [5.74, 6) is 1.78. The van der Waals surface area contributed by atoms with Crippen LogP contribution in [0.15, 0.2) is 67.0 Å². The van der Waals surface area contributed by atoms with E-state index < -0.39 is 0 Å². The highest BCUT2D eigenvalue weighted by Crippen LogP contribution is 2.40. The molecule has 0 spiro atoms. The predicted molar refractivity (Wildman–Crippen MR) is 106 cm³/mol. The molecule has 5 heteroatoms. The standard InChI is InChI=1S/C22H20N2O3/c1-25-20-12-17(13-21(26-2)22(20)27-3)24-14-23-18-10-9-16(11-19(18)24)15-7-5-4-6-8-15/h4-14H,1-3H3. The summed E-state index contributed by atoms with van der Waals surface area (Å²) in [6, 6.07) is 20.4. The van der Waals surface area contributed by atoms with E-state index in [-0.39, 0.29) is 0 Å². The van der Waals surface area contributed by atoms with Crippen molar-refractivity contribution >= 4 is 11.0 Å². The quantitative estimate of drug-likeness (QED) is 0.517. The Morgan fingerprint density at radius 1 is 0.741 bits per heavy atom. The number of hydrogen-bond donors (Lipinski definition) is 0. The van der Waals surface area contributed by atoms with Crippen molar-refractivity contribution in [3.63, 3.8) is 0 Å². The number of rotatable bonds is 5. The lowest BCUT2D eigenvalue weighted by Crippen LogP contribution is -1.99. The van der Waals surface area contributed by atoms with Crippen molar-refractivity contribution in [2.24, 2.45) is 0 Å². The van der Waals surface area contributed by atoms with Crippen molar-refractivity contribution in [2.45, 2.75) is 0 Å². The monoisotopic (exact) mass is 360 g/mol. The summed E-state index contributed by atoms with van der Waals surface area (Å²) in [7, 11) is 4.82. The van der Waals surface area contributed by atoms with E-state index in [4.69, 9.17) is 14.2 Å². The van der Waals surface area contributed by atoms with E-state index in [1.165, 1.54) is 0 Å². The molecule has 4 aromatic rings. The topological polar surface area (TPSA) is 45.5 Å². The molecule has 0 aliphatic rings. The van der Waals surface area contributed by atoms with Crippen molar-refractivity contribution in [3.05, 3.63) is 67.0 Å². The van der Waals surface area contributed by atoms with Crippen molar-refractivity contribution < 1.29 is 14.2 Å². The number of imidazole rings is 1. The first-order chi connectivity index (χ1) is 13.2. The molecular weight excluding hydrogens is 340 g/mol. The van der Waals surface area contributed by atoms with Crippen LogP contribution in [0.25, 0.3) is 27.8 Å². The average molecular weight is 360 g/mol. The van der Waals surface area contributed by atoms with Gasteiger partial charge in [-0.05, 0) is 23.3 Å². The summed E-state index contributed by atoms with van der Waals surface area (Å²) < 4.78 is 18.4. The van der Waals surface area contributed by atoms with Gasteiger partial charge in [-0.2, -0.15) is 0 Å². The first-order valence-corrected chi connectivity index (χ1v) is 8.58. The van der Waals surface area contributed by atoms with E-state index in [1.807, 2.05) is 41.0 Å². The van der Waals surface area contributed by atoms with Crippen LogP contribution in [0.5, 0.6) is 17.2 Å². The molecule has 0 radical (unpaired) electrons. The number of methoxy groups -OCH3 is 3. The lowest BCUT2D eigenvalue weighted by molar-refractivity contribution is 0.324. The van der Waals surface area contributed by atoms with Gasteiger partial charge < -0.3 is 14.2 Å². The molecule has 1 aromatic heterocycles. The van der Waals surface area contributed by atoms with Crippen molar-refractivity contribution in [1.82, 2.24) is 9.55 Å². The van der Waals surface area contributed by atoms with Crippen LogP contribution in [0, 0.1) is 0 Å². The van der Waals surface area contributed by atoms with Crippen LogP contribution in [-0.4, -0.2) is 30.9 Å². The molecular formula is C22H20N2O3. The Labute approximate surface area is 157 Å². The Kier molecular flexibility index (Phi) is 4.42.